The van der Waals surface area contributed by atoms with E-state index in [1.54, 1.807) is 6.92 Å². The number of ether oxygens (including phenoxy) is 1. The molecule has 2 aromatic carbocycles. The Kier molecular flexibility index (Phi) is 7.87. The van der Waals surface area contributed by atoms with Crippen LogP contribution in [0.3, 0.4) is 0 Å². The summed E-state index contributed by atoms with van der Waals surface area (Å²) in [6.45, 7) is 4.35. The van der Waals surface area contributed by atoms with Crippen molar-refractivity contribution < 1.29 is 24.2 Å². The van der Waals surface area contributed by atoms with Gasteiger partial charge < -0.3 is 20.5 Å². The van der Waals surface area contributed by atoms with Gasteiger partial charge in [0, 0.05) is 25.4 Å². The average Bonchev–Trinajstić information content (AvgIpc) is 3.09. The number of fused-ring (bicyclic) bond motifs is 3. The molecule has 7 nitrogen and oxygen atoms in total. The van der Waals surface area contributed by atoms with Gasteiger partial charge in [0.15, 0.2) is 0 Å². The first kappa shape index (κ1) is 23.3. The molecule has 2 aromatic rings. The Morgan fingerprint density at radius 3 is 2.16 bits per heavy atom. The minimum atomic E-state index is -0.843. The van der Waals surface area contributed by atoms with Crippen LogP contribution in [-0.4, -0.2) is 42.8 Å². The van der Waals surface area contributed by atoms with E-state index < -0.39 is 18.0 Å². The second kappa shape index (κ2) is 10.8. The maximum atomic E-state index is 12.2. The zero-order chi connectivity index (χ0) is 23.1. The number of carboxylic acid groups (broad SMARTS) is 1. The Hall–Kier alpha value is -3.35. The van der Waals surface area contributed by atoms with E-state index in [-0.39, 0.29) is 37.3 Å². The maximum Gasteiger partial charge on any atom is 0.407 e. The van der Waals surface area contributed by atoms with Crippen molar-refractivity contribution >= 4 is 18.0 Å². The summed E-state index contributed by atoms with van der Waals surface area (Å²) >= 11 is 0. The Morgan fingerprint density at radius 1 is 0.969 bits per heavy atom. The number of amides is 2. The van der Waals surface area contributed by atoms with Crippen molar-refractivity contribution in [3.05, 3.63) is 59.7 Å². The quantitative estimate of drug-likeness (QED) is 0.524. The zero-order valence-electron chi connectivity index (χ0n) is 18.5. The number of alkyl carbamates (subject to hydrolysis) is 1. The van der Waals surface area contributed by atoms with Gasteiger partial charge >= 0.3 is 12.1 Å². The second-order valence-electron chi connectivity index (χ2n) is 8.39. The monoisotopic (exact) mass is 438 g/mol. The number of hydrogen-bond donors (Lipinski definition) is 3. The highest BCUT2D eigenvalue weighted by molar-refractivity contribution is 5.80. The van der Waals surface area contributed by atoms with Crippen LogP contribution in [0.2, 0.25) is 0 Å². The Balaban J connectivity index is 1.43. The molecule has 0 radical (unpaired) electrons. The summed E-state index contributed by atoms with van der Waals surface area (Å²) in [6, 6.07) is 16.3. The molecule has 2 amide bonds. The van der Waals surface area contributed by atoms with Gasteiger partial charge in [0.2, 0.25) is 5.91 Å². The molecule has 0 saturated heterocycles. The van der Waals surface area contributed by atoms with Gasteiger partial charge in [-0.1, -0.05) is 62.4 Å². The standard InChI is InChI=1S/C25H30N2O5/c1-16(13-23(28)29)11-12-26-24(30)17(2)14-27-25(31)32-15-22-20-9-5-3-7-18(20)19-8-4-6-10-21(19)22/h3-10,16-17,22H,11-15H2,1-2H3,(H,26,30)(H,27,31)(H,28,29). The Labute approximate surface area is 188 Å². The fraction of sp³-hybridized carbons (Fsp3) is 0.400. The average molecular weight is 439 g/mol. The minimum Gasteiger partial charge on any atom is -0.481 e. The number of carbonyl (C=O) groups excluding carboxylic acids is 2. The topological polar surface area (TPSA) is 105 Å². The number of benzene rings is 2. The van der Waals surface area contributed by atoms with Crippen molar-refractivity contribution in [2.75, 3.05) is 19.7 Å². The maximum absolute atomic E-state index is 12.2. The lowest BCUT2D eigenvalue weighted by Gasteiger charge is -2.16. The molecule has 3 N–H and O–H groups in total. The van der Waals surface area contributed by atoms with Crippen LogP contribution in [-0.2, 0) is 14.3 Å². The van der Waals surface area contributed by atoms with E-state index >= 15 is 0 Å². The predicted molar refractivity (Wildman–Crippen MR) is 121 cm³/mol. The molecule has 170 valence electrons. The van der Waals surface area contributed by atoms with Crippen LogP contribution < -0.4 is 10.6 Å². The Bertz CT molecular complexity index is 929. The first-order chi connectivity index (χ1) is 15.4. The Morgan fingerprint density at radius 2 is 1.56 bits per heavy atom. The van der Waals surface area contributed by atoms with E-state index in [0.29, 0.717) is 13.0 Å². The van der Waals surface area contributed by atoms with Crippen molar-refractivity contribution in [1.82, 2.24) is 10.6 Å². The van der Waals surface area contributed by atoms with Gasteiger partial charge in [0.05, 0.1) is 5.92 Å². The molecular formula is C25H30N2O5. The lowest BCUT2D eigenvalue weighted by atomic mass is 9.98. The molecule has 0 aliphatic heterocycles. The summed E-state index contributed by atoms with van der Waals surface area (Å²) in [7, 11) is 0. The minimum absolute atomic E-state index is 0.0120. The van der Waals surface area contributed by atoms with E-state index in [2.05, 4.69) is 34.9 Å². The van der Waals surface area contributed by atoms with E-state index in [9.17, 15) is 14.4 Å². The van der Waals surface area contributed by atoms with E-state index in [1.165, 1.54) is 11.1 Å². The molecule has 7 heteroatoms. The summed E-state index contributed by atoms with van der Waals surface area (Å²) in [5.74, 6) is -1.48. The summed E-state index contributed by atoms with van der Waals surface area (Å²) in [5.41, 5.74) is 4.62. The van der Waals surface area contributed by atoms with Gasteiger partial charge in [0.25, 0.3) is 0 Å². The number of hydrogen-bond acceptors (Lipinski definition) is 4. The summed E-state index contributed by atoms with van der Waals surface area (Å²) < 4.78 is 5.48. The van der Waals surface area contributed by atoms with E-state index in [0.717, 1.165) is 11.1 Å². The van der Waals surface area contributed by atoms with Gasteiger partial charge in [-0.05, 0) is 34.6 Å². The van der Waals surface area contributed by atoms with Crippen LogP contribution >= 0.6 is 0 Å². The van der Waals surface area contributed by atoms with Gasteiger partial charge in [-0.25, -0.2) is 4.79 Å². The van der Waals surface area contributed by atoms with Crippen molar-refractivity contribution in [2.24, 2.45) is 11.8 Å². The van der Waals surface area contributed by atoms with E-state index in [1.807, 2.05) is 31.2 Å². The zero-order valence-corrected chi connectivity index (χ0v) is 18.5. The molecule has 32 heavy (non-hydrogen) atoms. The van der Waals surface area contributed by atoms with Gasteiger partial charge in [0.1, 0.15) is 6.61 Å². The van der Waals surface area contributed by atoms with Crippen molar-refractivity contribution in [3.63, 3.8) is 0 Å². The molecule has 3 rings (SSSR count). The van der Waals surface area contributed by atoms with Gasteiger partial charge in [-0.2, -0.15) is 0 Å². The molecule has 1 aliphatic carbocycles. The van der Waals surface area contributed by atoms with Crippen molar-refractivity contribution in [1.29, 1.82) is 0 Å². The van der Waals surface area contributed by atoms with Crippen LogP contribution in [0.25, 0.3) is 11.1 Å². The first-order valence-electron chi connectivity index (χ1n) is 10.9. The predicted octanol–water partition coefficient (Wildman–Crippen LogP) is 3.78. The molecule has 0 aromatic heterocycles. The fourth-order valence-corrected chi connectivity index (χ4v) is 3.99. The lowest BCUT2D eigenvalue weighted by Crippen LogP contribution is -2.38. The highest BCUT2D eigenvalue weighted by Crippen LogP contribution is 2.44. The molecule has 0 saturated carbocycles. The molecule has 1 aliphatic rings. The van der Waals surface area contributed by atoms with Crippen LogP contribution in [0, 0.1) is 11.8 Å². The largest absolute Gasteiger partial charge is 0.481 e. The number of nitrogens with one attached hydrogen (secondary N) is 2. The van der Waals surface area contributed by atoms with Crippen molar-refractivity contribution in [3.8, 4) is 11.1 Å². The third-order valence-electron chi connectivity index (χ3n) is 5.80. The van der Waals surface area contributed by atoms with Crippen LogP contribution in [0.5, 0.6) is 0 Å². The molecule has 2 atom stereocenters. The van der Waals surface area contributed by atoms with Crippen LogP contribution in [0.4, 0.5) is 4.79 Å². The summed E-state index contributed by atoms with van der Waals surface area (Å²) in [5, 5.41) is 14.2. The third-order valence-corrected chi connectivity index (χ3v) is 5.80. The first-order valence-corrected chi connectivity index (χ1v) is 10.9. The van der Waals surface area contributed by atoms with Crippen LogP contribution in [0.1, 0.15) is 43.7 Å². The highest BCUT2D eigenvalue weighted by atomic mass is 16.5. The van der Waals surface area contributed by atoms with Gasteiger partial charge in [-0.15, -0.1) is 0 Å². The molecular weight excluding hydrogens is 408 g/mol. The third kappa shape index (κ3) is 5.87. The fourth-order valence-electron chi connectivity index (χ4n) is 3.99. The normalized spacial score (nSPS) is 14.1. The SMILES string of the molecule is CC(CCNC(=O)C(C)CNC(=O)OCC1c2ccccc2-c2ccccc21)CC(=O)O. The molecule has 2 unspecified atom stereocenters. The van der Waals surface area contributed by atoms with Crippen molar-refractivity contribution in [2.45, 2.75) is 32.6 Å². The molecule has 0 heterocycles. The smallest absolute Gasteiger partial charge is 0.407 e. The molecule has 0 fully saturated rings. The summed E-state index contributed by atoms with van der Waals surface area (Å²) in [6.07, 6.45) is 0.112. The highest BCUT2D eigenvalue weighted by Gasteiger charge is 2.29. The summed E-state index contributed by atoms with van der Waals surface area (Å²) in [4.78, 5) is 35.1. The molecule has 0 spiro atoms. The lowest BCUT2D eigenvalue weighted by molar-refractivity contribution is -0.138. The van der Waals surface area contributed by atoms with E-state index in [4.69, 9.17) is 9.84 Å². The number of carboxylic acids is 1. The molecule has 0 bridgehead atoms. The van der Waals surface area contributed by atoms with Gasteiger partial charge in [-0.3, -0.25) is 9.59 Å². The number of rotatable bonds is 10. The second-order valence-corrected chi connectivity index (χ2v) is 8.39. The van der Waals surface area contributed by atoms with Crippen LogP contribution in [0.15, 0.2) is 48.5 Å². The number of carbonyl (C=O) groups is 3. The number of aliphatic carboxylic acids is 1.